The molecule has 49 heavy (non-hydrogen) atoms. The average Bonchev–Trinajstić information content (AvgIpc) is 3.15. The van der Waals surface area contributed by atoms with E-state index >= 15 is 0 Å². The lowest BCUT2D eigenvalue weighted by atomic mass is 9.98. The fraction of sp³-hybridized carbons (Fsp3) is 0.326. The second-order valence-electron chi connectivity index (χ2n) is 11.9. The molecular formula is C43H51NO5. The summed E-state index contributed by atoms with van der Waals surface area (Å²) in [5, 5.41) is 7.90. The lowest BCUT2D eigenvalue weighted by Gasteiger charge is -2.11. The van der Waals surface area contributed by atoms with Crippen LogP contribution in [0.4, 0.5) is 0 Å². The van der Waals surface area contributed by atoms with Crippen molar-refractivity contribution in [2.75, 3.05) is 20.3 Å². The maximum Gasteiger partial charge on any atom is 0.343 e. The van der Waals surface area contributed by atoms with Gasteiger partial charge in [0.25, 0.3) is 0 Å². The van der Waals surface area contributed by atoms with Gasteiger partial charge in [-0.05, 0) is 115 Å². The van der Waals surface area contributed by atoms with E-state index in [1.807, 2.05) is 12.1 Å². The van der Waals surface area contributed by atoms with Crippen molar-refractivity contribution in [3.8, 4) is 22.6 Å². The van der Waals surface area contributed by atoms with E-state index in [2.05, 4.69) is 62.0 Å². The van der Waals surface area contributed by atoms with Crippen LogP contribution in [0.25, 0.3) is 11.1 Å². The van der Waals surface area contributed by atoms with Gasteiger partial charge in [0, 0.05) is 25.5 Å². The molecule has 0 heterocycles. The molecule has 4 rings (SSSR count). The highest BCUT2D eigenvalue weighted by molar-refractivity contribution is 5.93. The van der Waals surface area contributed by atoms with Gasteiger partial charge < -0.3 is 19.6 Å². The Morgan fingerprint density at radius 3 is 1.86 bits per heavy atom. The van der Waals surface area contributed by atoms with Crippen LogP contribution in [-0.2, 0) is 28.8 Å². The molecule has 0 aliphatic heterocycles. The van der Waals surface area contributed by atoms with Gasteiger partial charge in [-0.25, -0.2) is 4.79 Å². The highest BCUT2D eigenvalue weighted by Gasteiger charge is 2.12. The Kier molecular flexibility index (Phi) is 17.9. The van der Waals surface area contributed by atoms with Crippen molar-refractivity contribution in [1.82, 2.24) is 0 Å². The first-order valence-corrected chi connectivity index (χ1v) is 17.3. The highest BCUT2D eigenvalue weighted by Crippen LogP contribution is 2.24. The van der Waals surface area contributed by atoms with Crippen LogP contribution in [0.1, 0.15) is 84.5 Å². The van der Waals surface area contributed by atoms with E-state index in [1.165, 1.54) is 53.8 Å². The molecule has 0 saturated heterocycles. The number of nitrogens with one attached hydrogen (secondary N) is 1. The summed E-state index contributed by atoms with van der Waals surface area (Å²) in [6, 6.07) is 30.4. The zero-order valence-corrected chi connectivity index (χ0v) is 29.1. The molecule has 0 bridgehead atoms. The van der Waals surface area contributed by atoms with E-state index in [-0.39, 0.29) is 0 Å². The first-order valence-electron chi connectivity index (χ1n) is 17.3. The van der Waals surface area contributed by atoms with Crippen LogP contribution < -0.4 is 9.47 Å². The fourth-order valence-corrected chi connectivity index (χ4v) is 5.29. The Labute approximate surface area is 292 Å². The summed E-state index contributed by atoms with van der Waals surface area (Å²) in [5.74, 6) is 0.657. The molecule has 0 spiro atoms. The van der Waals surface area contributed by atoms with Gasteiger partial charge in [-0.15, -0.1) is 0 Å². The summed E-state index contributed by atoms with van der Waals surface area (Å²) >= 11 is 0. The molecule has 0 atom stereocenters. The predicted molar refractivity (Wildman–Crippen MR) is 200 cm³/mol. The van der Waals surface area contributed by atoms with Crippen molar-refractivity contribution in [2.24, 2.45) is 0 Å². The van der Waals surface area contributed by atoms with E-state index in [0.29, 0.717) is 29.8 Å². The van der Waals surface area contributed by atoms with Crippen molar-refractivity contribution < 1.29 is 23.8 Å². The Morgan fingerprint density at radius 1 is 0.714 bits per heavy atom. The third kappa shape index (κ3) is 14.1. The Bertz CT molecular complexity index is 1550. The number of esters is 1. The largest absolute Gasteiger partial charge is 0.494 e. The number of benzene rings is 4. The Balaban J connectivity index is 0.00000154. The van der Waals surface area contributed by atoms with E-state index < -0.39 is 5.97 Å². The van der Waals surface area contributed by atoms with Crippen molar-refractivity contribution >= 4 is 18.5 Å². The molecule has 0 aromatic heterocycles. The molecule has 0 fully saturated rings. The number of carbonyl (C=O) groups is 2. The molecule has 6 nitrogen and oxygen atoms in total. The van der Waals surface area contributed by atoms with E-state index in [0.717, 1.165) is 62.9 Å². The number of ether oxygens (including phenoxy) is 3. The maximum atomic E-state index is 12.8. The third-order valence-electron chi connectivity index (χ3n) is 8.14. The molecule has 0 aliphatic carbocycles. The van der Waals surface area contributed by atoms with Gasteiger partial charge in [0.15, 0.2) is 0 Å². The first kappa shape index (κ1) is 38.6. The standard InChI is InChI=1S/C40H47NO4.C3H4O/c1-3-4-7-10-31-13-18-34(19-14-31)35-20-15-32(16-21-35)11-12-33-17-26-39(37(29-33)30-41)45-40(42)36-22-24-38(25-23-36)44-28-9-6-5-8-27-43-2;1-2-3-4/h13-26,29-30,41H,3-12,27-28H2,1-2H3;2-3H,1H2. The lowest BCUT2D eigenvalue weighted by Crippen LogP contribution is -2.10. The van der Waals surface area contributed by atoms with Gasteiger partial charge in [0.1, 0.15) is 17.8 Å². The lowest BCUT2D eigenvalue weighted by molar-refractivity contribution is -0.104. The number of aldehydes is 1. The van der Waals surface area contributed by atoms with Crippen molar-refractivity contribution in [3.05, 3.63) is 131 Å². The van der Waals surface area contributed by atoms with Crippen molar-refractivity contribution in [1.29, 1.82) is 5.41 Å². The normalized spacial score (nSPS) is 10.4. The molecule has 0 radical (unpaired) electrons. The minimum absolute atomic E-state index is 0.383. The molecule has 0 aliphatic rings. The van der Waals surface area contributed by atoms with Crippen LogP contribution in [0.2, 0.25) is 0 Å². The van der Waals surface area contributed by atoms with Crippen LogP contribution >= 0.6 is 0 Å². The highest BCUT2D eigenvalue weighted by atomic mass is 16.5. The zero-order valence-electron chi connectivity index (χ0n) is 29.1. The van der Waals surface area contributed by atoms with E-state index in [4.69, 9.17) is 24.4 Å². The summed E-state index contributed by atoms with van der Waals surface area (Å²) in [6.45, 7) is 6.79. The second-order valence-corrected chi connectivity index (χ2v) is 11.9. The first-order chi connectivity index (χ1) is 24.0. The average molecular weight is 662 g/mol. The number of unbranched alkanes of at least 4 members (excludes halogenated alkanes) is 5. The fourth-order valence-electron chi connectivity index (χ4n) is 5.29. The summed E-state index contributed by atoms with van der Waals surface area (Å²) in [7, 11) is 1.72. The van der Waals surface area contributed by atoms with E-state index in [9.17, 15) is 4.79 Å². The molecule has 4 aromatic carbocycles. The maximum absolute atomic E-state index is 12.8. The van der Waals surface area contributed by atoms with Crippen LogP contribution in [-0.4, -0.2) is 38.8 Å². The van der Waals surface area contributed by atoms with Gasteiger partial charge in [0.05, 0.1) is 12.2 Å². The molecular weight excluding hydrogens is 610 g/mol. The quantitative estimate of drug-likeness (QED) is 0.0254. The molecule has 0 saturated carbocycles. The third-order valence-corrected chi connectivity index (χ3v) is 8.14. The second kappa shape index (κ2) is 22.7. The minimum Gasteiger partial charge on any atom is -0.494 e. The van der Waals surface area contributed by atoms with Gasteiger partial charge in [-0.1, -0.05) is 87.4 Å². The minimum atomic E-state index is -0.457. The Hall–Kier alpha value is -4.81. The number of allylic oxidation sites excluding steroid dienone is 1. The number of hydrogen-bond donors (Lipinski definition) is 1. The van der Waals surface area contributed by atoms with Gasteiger partial charge in [-0.2, -0.15) is 0 Å². The smallest absolute Gasteiger partial charge is 0.343 e. The molecule has 0 unspecified atom stereocenters. The number of rotatable bonds is 20. The number of methoxy groups -OCH3 is 1. The van der Waals surface area contributed by atoms with Gasteiger partial charge in [0.2, 0.25) is 0 Å². The van der Waals surface area contributed by atoms with Gasteiger partial charge in [-0.3, -0.25) is 4.79 Å². The monoisotopic (exact) mass is 661 g/mol. The van der Waals surface area contributed by atoms with Crippen LogP contribution in [0.3, 0.4) is 0 Å². The summed E-state index contributed by atoms with van der Waals surface area (Å²) < 4.78 is 16.5. The van der Waals surface area contributed by atoms with Gasteiger partial charge >= 0.3 is 5.97 Å². The summed E-state index contributed by atoms with van der Waals surface area (Å²) in [5.41, 5.74) is 7.25. The van der Waals surface area contributed by atoms with Crippen molar-refractivity contribution in [2.45, 2.75) is 71.1 Å². The molecule has 4 aromatic rings. The van der Waals surface area contributed by atoms with E-state index in [1.54, 1.807) is 37.4 Å². The Morgan fingerprint density at radius 2 is 1.29 bits per heavy atom. The summed E-state index contributed by atoms with van der Waals surface area (Å²) in [4.78, 5) is 21.9. The number of aryl methyl sites for hydroxylation is 3. The van der Waals surface area contributed by atoms with Crippen LogP contribution in [0.5, 0.6) is 11.5 Å². The number of carbonyl (C=O) groups excluding carboxylic acids is 2. The predicted octanol–water partition coefficient (Wildman–Crippen LogP) is 10.0. The molecule has 258 valence electrons. The molecule has 6 heteroatoms. The number of hydrogen-bond acceptors (Lipinski definition) is 6. The SMILES string of the molecule is C=CC=O.CCCCCc1ccc(-c2ccc(CCc3ccc(OC(=O)c4ccc(OCCCCCCOC)cc4)c(C=N)c3)cc2)cc1. The summed E-state index contributed by atoms with van der Waals surface area (Å²) in [6.07, 6.45) is 14.0. The molecule has 1 N–H and O–H groups in total. The topological polar surface area (TPSA) is 85.7 Å². The van der Waals surface area contributed by atoms with Crippen molar-refractivity contribution in [3.63, 3.8) is 0 Å². The van der Waals surface area contributed by atoms with Crippen LogP contribution in [0.15, 0.2) is 104 Å². The zero-order chi connectivity index (χ0) is 35.1. The molecule has 0 amide bonds. The van der Waals surface area contributed by atoms with Crippen LogP contribution in [0, 0.1) is 5.41 Å².